The molecule has 2 aliphatic heterocycles. The number of amides is 1. The SMILES string of the molecule is Nc1ccc2c(c1)CCC(=O)N2CC1CCCNC1. The van der Waals surface area contributed by atoms with Gasteiger partial charge in [-0.15, -0.1) is 0 Å². The summed E-state index contributed by atoms with van der Waals surface area (Å²) in [5.41, 5.74) is 8.89. The standard InChI is InChI=1S/C15H21N3O/c16-13-4-5-14-12(8-13)3-6-15(19)18(14)10-11-2-1-7-17-9-11/h4-5,8,11,17H,1-3,6-7,9-10,16H2. The lowest BCUT2D eigenvalue weighted by atomic mass is 9.95. The van der Waals surface area contributed by atoms with Crippen LogP contribution in [0.15, 0.2) is 18.2 Å². The van der Waals surface area contributed by atoms with Crippen LogP contribution < -0.4 is 16.0 Å². The van der Waals surface area contributed by atoms with Gasteiger partial charge < -0.3 is 16.0 Å². The molecule has 2 aliphatic rings. The molecule has 102 valence electrons. The zero-order chi connectivity index (χ0) is 13.2. The van der Waals surface area contributed by atoms with Gasteiger partial charge in [0.15, 0.2) is 0 Å². The van der Waals surface area contributed by atoms with Crippen LogP contribution in [0.25, 0.3) is 0 Å². The Hall–Kier alpha value is -1.55. The Morgan fingerprint density at radius 1 is 1.37 bits per heavy atom. The maximum atomic E-state index is 12.2. The molecular weight excluding hydrogens is 238 g/mol. The molecule has 1 atom stereocenters. The van der Waals surface area contributed by atoms with E-state index in [4.69, 9.17) is 5.73 Å². The molecule has 0 aromatic heterocycles. The van der Waals surface area contributed by atoms with Crippen molar-refractivity contribution in [2.75, 3.05) is 30.3 Å². The first kappa shape index (κ1) is 12.5. The first-order valence-corrected chi connectivity index (χ1v) is 7.13. The highest BCUT2D eigenvalue weighted by atomic mass is 16.2. The maximum Gasteiger partial charge on any atom is 0.227 e. The first-order chi connectivity index (χ1) is 9.24. The van der Waals surface area contributed by atoms with E-state index < -0.39 is 0 Å². The smallest absolute Gasteiger partial charge is 0.227 e. The fourth-order valence-electron chi connectivity index (χ4n) is 3.12. The fourth-order valence-corrected chi connectivity index (χ4v) is 3.12. The van der Waals surface area contributed by atoms with Gasteiger partial charge in [0.05, 0.1) is 0 Å². The summed E-state index contributed by atoms with van der Waals surface area (Å²) in [6, 6.07) is 5.90. The van der Waals surface area contributed by atoms with Gasteiger partial charge in [0.1, 0.15) is 0 Å². The average Bonchev–Trinajstić information content (AvgIpc) is 2.43. The molecule has 1 fully saturated rings. The summed E-state index contributed by atoms with van der Waals surface area (Å²) in [4.78, 5) is 14.2. The van der Waals surface area contributed by atoms with Crippen molar-refractivity contribution in [3.63, 3.8) is 0 Å². The number of hydrogen-bond donors (Lipinski definition) is 2. The summed E-state index contributed by atoms with van der Waals surface area (Å²) in [5, 5.41) is 3.41. The minimum absolute atomic E-state index is 0.253. The third-order valence-electron chi connectivity index (χ3n) is 4.14. The van der Waals surface area contributed by atoms with Crippen molar-refractivity contribution >= 4 is 17.3 Å². The third kappa shape index (κ3) is 2.59. The van der Waals surface area contributed by atoms with Crippen LogP contribution in [0, 0.1) is 5.92 Å². The molecule has 0 radical (unpaired) electrons. The summed E-state index contributed by atoms with van der Waals surface area (Å²) >= 11 is 0. The molecule has 0 spiro atoms. The fraction of sp³-hybridized carbons (Fsp3) is 0.533. The van der Waals surface area contributed by atoms with Crippen molar-refractivity contribution in [3.05, 3.63) is 23.8 Å². The minimum Gasteiger partial charge on any atom is -0.399 e. The molecular formula is C15H21N3O. The van der Waals surface area contributed by atoms with Crippen LogP contribution in [0.1, 0.15) is 24.8 Å². The molecule has 3 rings (SSSR count). The second kappa shape index (κ2) is 5.21. The summed E-state index contributed by atoms with van der Waals surface area (Å²) in [5.74, 6) is 0.823. The average molecular weight is 259 g/mol. The predicted octanol–water partition coefficient (Wildman–Crippen LogP) is 1.55. The topological polar surface area (TPSA) is 58.4 Å². The van der Waals surface area contributed by atoms with Gasteiger partial charge in [0.25, 0.3) is 0 Å². The molecule has 1 unspecified atom stereocenters. The van der Waals surface area contributed by atoms with E-state index in [2.05, 4.69) is 5.32 Å². The molecule has 3 N–H and O–H groups in total. The zero-order valence-electron chi connectivity index (χ0n) is 11.2. The van der Waals surface area contributed by atoms with E-state index in [9.17, 15) is 4.79 Å². The van der Waals surface area contributed by atoms with E-state index in [1.807, 2.05) is 23.1 Å². The lowest BCUT2D eigenvalue weighted by Crippen LogP contribution is -2.43. The number of anilines is 2. The molecule has 1 aromatic carbocycles. The number of nitrogens with zero attached hydrogens (tertiary/aromatic N) is 1. The van der Waals surface area contributed by atoms with Gasteiger partial charge in [-0.3, -0.25) is 4.79 Å². The van der Waals surface area contributed by atoms with Crippen LogP contribution in [-0.2, 0) is 11.2 Å². The number of nitrogen functional groups attached to an aromatic ring is 1. The highest BCUT2D eigenvalue weighted by Crippen LogP contribution is 2.30. The Kier molecular flexibility index (Phi) is 3.42. The van der Waals surface area contributed by atoms with Crippen molar-refractivity contribution < 1.29 is 4.79 Å². The normalized spacial score (nSPS) is 23.3. The number of aryl methyl sites for hydroxylation is 1. The molecule has 4 nitrogen and oxygen atoms in total. The lowest BCUT2D eigenvalue weighted by molar-refractivity contribution is -0.119. The molecule has 1 amide bonds. The number of carbonyl (C=O) groups is 1. The summed E-state index contributed by atoms with van der Waals surface area (Å²) < 4.78 is 0. The van der Waals surface area contributed by atoms with E-state index in [1.165, 1.54) is 18.4 Å². The Morgan fingerprint density at radius 2 is 2.26 bits per heavy atom. The highest BCUT2D eigenvalue weighted by molar-refractivity contribution is 5.96. The number of rotatable bonds is 2. The van der Waals surface area contributed by atoms with Crippen molar-refractivity contribution in [1.29, 1.82) is 0 Å². The van der Waals surface area contributed by atoms with E-state index in [0.717, 1.165) is 37.4 Å². The second-order valence-electron chi connectivity index (χ2n) is 5.60. The molecule has 0 bridgehead atoms. The van der Waals surface area contributed by atoms with Crippen LogP contribution in [-0.4, -0.2) is 25.5 Å². The van der Waals surface area contributed by atoms with Gasteiger partial charge in [-0.1, -0.05) is 0 Å². The van der Waals surface area contributed by atoms with Gasteiger partial charge in [0, 0.05) is 24.3 Å². The Balaban J connectivity index is 1.82. The van der Waals surface area contributed by atoms with E-state index in [-0.39, 0.29) is 5.91 Å². The van der Waals surface area contributed by atoms with Crippen LogP contribution in [0.3, 0.4) is 0 Å². The van der Waals surface area contributed by atoms with Gasteiger partial charge in [-0.05, 0) is 62.0 Å². The number of benzene rings is 1. The number of hydrogen-bond acceptors (Lipinski definition) is 3. The zero-order valence-corrected chi connectivity index (χ0v) is 11.2. The maximum absolute atomic E-state index is 12.2. The molecule has 0 aliphatic carbocycles. The number of nitrogens with two attached hydrogens (primary N) is 1. The van der Waals surface area contributed by atoms with Gasteiger partial charge in [-0.25, -0.2) is 0 Å². The molecule has 4 heteroatoms. The van der Waals surface area contributed by atoms with Gasteiger partial charge >= 0.3 is 0 Å². The highest BCUT2D eigenvalue weighted by Gasteiger charge is 2.27. The predicted molar refractivity (Wildman–Crippen MR) is 77.1 cm³/mol. The van der Waals surface area contributed by atoms with Crippen molar-refractivity contribution in [2.45, 2.75) is 25.7 Å². The minimum atomic E-state index is 0.253. The van der Waals surface area contributed by atoms with Crippen molar-refractivity contribution in [1.82, 2.24) is 5.32 Å². The van der Waals surface area contributed by atoms with Crippen LogP contribution >= 0.6 is 0 Å². The molecule has 1 aromatic rings. The second-order valence-corrected chi connectivity index (χ2v) is 5.60. The Morgan fingerprint density at radius 3 is 3.05 bits per heavy atom. The van der Waals surface area contributed by atoms with E-state index >= 15 is 0 Å². The van der Waals surface area contributed by atoms with Crippen LogP contribution in [0.2, 0.25) is 0 Å². The Bertz CT molecular complexity index is 480. The van der Waals surface area contributed by atoms with E-state index in [0.29, 0.717) is 12.3 Å². The third-order valence-corrected chi connectivity index (χ3v) is 4.14. The molecule has 2 heterocycles. The molecule has 1 saturated heterocycles. The summed E-state index contributed by atoms with van der Waals surface area (Å²) in [6.45, 7) is 2.97. The largest absolute Gasteiger partial charge is 0.399 e. The first-order valence-electron chi connectivity index (χ1n) is 7.13. The van der Waals surface area contributed by atoms with Gasteiger partial charge in [0.2, 0.25) is 5.91 Å². The molecule has 19 heavy (non-hydrogen) atoms. The van der Waals surface area contributed by atoms with E-state index in [1.54, 1.807) is 0 Å². The monoisotopic (exact) mass is 259 g/mol. The molecule has 0 saturated carbocycles. The lowest BCUT2D eigenvalue weighted by Gasteiger charge is -2.34. The quantitative estimate of drug-likeness (QED) is 0.792. The Labute approximate surface area is 114 Å². The van der Waals surface area contributed by atoms with Crippen LogP contribution in [0.5, 0.6) is 0 Å². The summed E-state index contributed by atoms with van der Waals surface area (Å²) in [6.07, 6.45) is 3.84. The number of fused-ring (bicyclic) bond motifs is 1. The van der Waals surface area contributed by atoms with Crippen LogP contribution in [0.4, 0.5) is 11.4 Å². The summed E-state index contributed by atoms with van der Waals surface area (Å²) in [7, 11) is 0. The van der Waals surface area contributed by atoms with Gasteiger partial charge in [-0.2, -0.15) is 0 Å². The van der Waals surface area contributed by atoms with Crippen molar-refractivity contribution in [3.8, 4) is 0 Å². The van der Waals surface area contributed by atoms with Crippen molar-refractivity contribution in [2.24, 2.45) is 5.92 Å². The number of piperidine rings is 1. The number of nitrogens with one attached hydrogen (secondary N) is 1. The number of carbonyl (C=O) groups excluding carboxylic acids is 1.